The minimum Gasteiger partial charge on any atom is -0.348 e. The average Bonchev–Trinajstić information content (AvgIpc) is 3.34. The van der Waals surface area contributed by atoms with Gasteiger partial charge in [0.2, 0.25) is 5.82 Å². The number of hydrogen-bond acceptors (Lipinski definition) is 4. The summed E-state index contributed by atoms with van der Waals surface area (Å²) < 4.78 is 1.74. The molecule has 0 spiro atoms. The molecule has 1 saturated carbocycles. The maximum absolute atomic E-state index is 12.3. The quantitative estimate of drug-likeness (QED) is 0.851. The fourth-order valence-electron chi connectivity index (χ4n) is 2.86. The fraction of sp³-hybridized carbons (Fsp3) is 0.500. The van der Waals surface area contributed by atoms with Crippen LogP contribution in [0.1, 0.15) is 54.6 Å². The standard InChI is InChI=1S/C18H25N5O/c1-11(2)14-6-4-5-7-16(14)23-12(3)21-17(22-23)18(24)20-10-15(19)13-8-9-13/h4-7,11,13,15H,8-10,19H2,1-3H3,(H,20,24). The second-order valence-corrected chi connectivity index (χ2v) is 6.82. The van der Waals surface area contributed by atoms with E-state index in [1.165, 1.54) is 5.56 Å². The number of nitrogens with two attached hydrogens (primary N) is 1. The molecular weight excluding hydrogens is 302 g/mol. The van der Waals surface area contributed by atoms with Crippen LogP contribution in [-0.2, 0) is 0 Å². The summed E-state index contributed by atoms with van der Waals surface area (Å²) in [5.74, 6) is 1.53. The lowest BCUT2D eigenvalue weighted by molar-refractivity contribution is 0.0940. The number of aryl methyl sites for hydroxylation is 1. The molecule has 2 aromatic rings. The second kappa shape index (κ2) is 6.73. The van der Waals surface area contributed by atoms with Crippen molar-refractivity contribution < 1.29 is 4.79 Å². The molecule has 128 valence electrons. The fourth-order valence-corrected chi connectivity index (χ4v) is 2.86. The molecule has 1 aliphatic rings. The van der Waals surface area contributed by atoms with E-state index in [2.05, 4.69) is 35.3 Å². The SMILES string of the molecule is Cc1nc(C(=O)NCC(N)C2CC2)nn1-c1ccccc1C(C)C. The lowest BCUT2D eigenvalue weighted by Gasteiger charge is -2.13. The van der Waals surface area contributed by atoms with Gasteiger partial charge in [-0.15, -0.1) is 5.10 Å². The summed E-state index contributed by atoms with van der Waals surface area (Å²) >= 11 is 0. The van der Waals surface area contributed by atoms with Gasteiger partial charge < -0.3 is 11.1 Å². The van der Waals surface area contributed by atoms with Crippen molar-refractivity contribution >= 4 is 5.91 Å². The Bertz CT molecular complexity index is 733. The van der Waals surface area contributed by atoms with Crippen molar-refractivity contribution in [2.45, 2.75) is 45.6 Å². The van der Waals surface area contributed by atoms with E-state index in [0.29, 0.717) is 24.2 Å². The number of nitrogens with one attached hydrogen (secondary N) is 1. The van der Waals surface area contributed by atoms with Crippen LogP contribution < -0.4 is 11.1 Å². The molecule has 0 aliphatic heterocycles. The molecule has 6 nitrogen and oxygen atoms in total. The molecule has 6 heteroatoms. The van der Waals surface area contributed by atoms with Gasteiger partial charge in [-0.3, -0.25) is 4.79 Å². The molecule has 1 unspecified atom stereocenters. The molecule has 3 rings (SSSR count). The average molecular weight is 327 g/mol. The van der Waals surface area contributed by atoms with E-state index in [1.54, 1.807) is 4.68 Å². The van der Waals surface area contributed by atoms with Crippen LogP contribution in [0.5, 0.6) is 0 Å². The van der Waals surface area contributed by atoms with Gasteiger partial charge in [0.1, 0.15) is 5.82 Å². The number of para-hydroxylation sites is 1. The van der Waals surface area contributed by atoms with Gasteiger partial charge in [-0.2, -0.15) is 0 Å². The molecule has 24 heavy (non-hydrogen) atoms. The van der Waals surface area contributed by atoms with E-state index in [0.717, 1.165) is 18.5 Å². The van der Waals surface area contributed by atoms with Gasteiger partial charge in [0.15, 0.2) is 0 Å². The summed E-state index contributed by atoms with van der Waals surface area (Å²) in [6.45, 7) is 6.60. The minimum atomic E-state index is -0.269. The molecule has 3 N–H and O–H groups in total. The van der Waals surface area contributed by atoms with E-state index in [-0.39, 0.29) is 17.8 Å². The Morgan fingerprint density at radius 1 is 1.38 bits per heavy atom. The third kappa shape index (κ3) is 3.48. The Morgan fingerprint density at radius 3 is 2.75 bits per heavy atom. The monoisotopic (exact) mass is 327 g/mol. The van der Waals surface area contributed by atoms with Crippen molar-refractivity contribution in [3.8, 4) is 5.69 Å². The third-order valence-corrected chi connectivity index (χ3v) is 4.48. The third-order valence-electron chi connectivity index (χ3n) is 4.48. The molecule has 1 fully saturated rings. The first kappa shape index (κ1) is 16.6. The molecule has 0 radical (unpaired) electrons. The highest BCUT2D eigenvalue weighted by atomic mass is 16.2. The summed E-state index contributed by atoms with van der Waals surface area (Å²) in [7, 11) is 0. The zero-order chi connectivity index (χ0) is 17.3. The van der Waals surface area contributed by atoms with Crippen molar-refractivity contribution in [2.24, 2.45) is 11.7 Å². The van der Waals surface area contributed by atoms with Gasteiger partial charge >= 0.3 is 0 Å². The molecule has 0 saturated heterocycles. The Hall–Kier alpha value is -2.21. The maximum atomic E-state index is 12.3. The van der Waals surface area contributed by atoms with Crippen LogP contribution in [0, 0.1) is 12.8 Å². The van der Waals surface area contributed by atoms with Gasteiger partial charge in [0, 0.05) is 12.6 Å². The van der Waals surface area contributed by atoms with Crippen molar-refractivity contribution in [1.29, 1.82) is 0 Å². The number of benzene rings is 1. The lowest BCUT2D eigenvalue weighted by Crippen LogP contribution is -2.38. The topological polar surface area (TPSA) is 85.8 Å². The highest BCUT2D eigenvalue weighted by molar-refractivity contribution is 5.90. The van der Waals surface area contributed by atoms with E-state index in [9.17, 15) is 4.79 Å². The van der Waals surface area contributed by atoms with Crippen LogP contribution in [0.4, 0.5) is 0 Å². The van der Waals surface area contributed by atoms with Crippen molar-refractivity contribution in [2.75, 3.05) is 6.54 Å². The van der Waals surface area contributed by atoms with Gasteiger partial charge in [0.25, 0.3) is 5.91 Å². The van der Waals surface area contributed by atoms with Crippen LogP contribution in [0.2, 0.25) is 0 Å². The smallest absolute Gasteiger partial charge is 0.291 e. The first-order valence-electron chi connectivity index (χ1n) is 8.54. The van der Waals surface area contributed by atoms with Crippen LogP contribution in [0.15, 0.2) is 24.3 Å². The number of aromatic nitrogens is 3. The van der Waals surface area contributed by atoms with Crippen LogP contribution in [0.3, 0.4) is 0 Å². The first-order chi connectivity index (χ1) is 11.5. The maximum Gasteiger partial charge on any atom is 0.291 e. The van der Waals surface area contributed by atoms with E-state index in [1.807, 2.05) is 25.1 Å². The van der Waals surface area contributed by atoms with Crippen molar-refractivity contribution in [3.63, 3.8) is 0 Å². The highest BCUT2D eigenvalue weighted by Crippen LogP contribution is 2.31. The Morgan fingerprint density at radius 2 is 2.08 bits per heavy atom. The summed E-state index contributed by atoms with van der Waals surface area (Å²) in [6.07, 6.45) is 2.32. The second-order valence-electron chi connectivity index (χ2n) is 6.82. The lowest BCUT2D eigenvalue weighted by atomic mass is 10.0. The van der Waals surface area contributed by atoms with E-state index >= 15 is 0 Å². The first-order valence-corrected chi connectivity index (χ1v) is 8.54. The van der Waals surface area contributed by atoms with Crippen molar-refractivity contribution in [1.82, 2.24) is 20.1 Å². The van der Waals surface area contributed by atoms with Crippen LogP contribution in [0.25, 0.3) is 5.69 Å². The number of amides is 1. The number of carbonyl (C=O) groups excluding carboxylic acids is 1. The number of carbonyl (C=O) groups is 1. The predicted molar refractivity (Wildman–Crippen MR) is 93.2 cm³/mol. The molecule has 0 bridgehead atoms. The number of rotatable bonds is 6. The molecule has 1 aliphatic carbocycles. The van der Waals surface area contributed by atoms with Gasteiger partial charge in [-0.05, 0) is 43.2 Å². The summed E-state index contributed by atoms with van der Waals surface area (Å²) in [5.41, 5.74) is 8.16. The molecule has 1 amide bonds. The number of hydrogen-bond donors (Lipinski definition) is 2. The predicted octanol–water partition coefficient (Wildman–Crippen LogP) is 2.17. The van der Waals surface area contributed by atoms with Gasteiger partial charge in [-0.25, -0.2) is 9.67 Å². The summed E-state index contributed by atoms with van der Waals surface area (Å²) in [5, 5.41) is 7.26. The number of nitrogens with zero attached hydrogens (tertiary/aromatic N) is 3. The zero-order valence-electron chi connectivity index (χ0n) is 14.5. The van der Waals surface area contributed by atoms with Crippen LogP contribution in [-0.4, -0.2) is 33.3 Å². The Balaban J connectivity index is 1.78. The Labute approximate surface area is 142 Å². The van der Waals surface area contributed by atoms with E-state index in [4.69, 9.17) is 5.73 Å². The summed E-state index contributed by atoms with van der Waals surface area (Å²) in [6, 6.07) is 8.09. The molecular formula is C18H25N5O. The van der Waals surface area contributed by atoms with Crippen LogP contribution >= 0.6 is 0 Å². The molecule has 1 aromatic carbocycles. The highest BCUT2D eigenvalue weighted by Gasteiger charge is 2.29. The Kier molecular flexibility index (Phi) is 4.66. The minimum absolute atomic E-state index is 0.0267. The van der Waals surface area contributed by atoms with Gasteiger partial charge in [0.05, 0.1) is 5.69 Å². The summed E-state index contributed by atoms with van der Waals surface area (Å²) in [4.78, 5) is 16.6. The van der Waals surface area contributed by atoms with Crippen molar-refractivity contribution in [3.05, 3.63) is 41.5 Å². The molecule has 1 atom stereocenters. The van der Waals surface area contributed by atoms with E-state index < -0.39 is 0 Å². The molecule has 1 aromatic heterocycles. The normalized spacial score (nSPS) is 15.5. The molecule has 1 heterocycles. The van der Waals surface area contributed by atoms with Gasteiger partial charge in [-0.1, -0.05) is 32.0 Å². The largest absolute Gasteiger partial charge is 0.348 e. The zero-order valence-corrected chi connectivity index (χ0v) is 14.5.